The van der Waals surface area contributed by atoms with Crippen LogP contribution in [0.2, 0.25) is 0 Å². The summed E-state index contributed by atoms with van der Waals surface area (Å²) >= 11 is 0. The summed E-state index contributed by atoms with van der Waals surface area (Å²) < 4.78 is 38.9. The predicted molar refractivity (Wildman–Crippen MR) is 81.4 cm³/mol. The predicted octanol–water partition coefficient (Wildman–Crippen LogP) is 1.31. The normalized spacial score (nSPS) is 11.4. The van der Waals surface area contributed by atoms with Gasteiger partial charge in [-0.3, -0.25) is 0 Å². The second kappa shape index (κ2) is 6.80. The highest BCUT2D eigenvalue weighted by Gasteiger charge is 2.17. The zero-order valence-corrected chi connectivity index (χ0v) is 13.6. The fourth-order valence-corrected chi connectivity index (χ4v) is 2.87. The van der Waals surface area contributed by atoms with Crippen LogP contribution in [-0.4, -0.2) is 31.7 Å². The van der Waals surface area contributed by atoms with Gasteiger partial charge in [0.1, 0.15) is 0 Å². The number of nitrogens with one attached hydrogen (secondary N) is 1. The zero-order chi connectivity index (χ0) is 16.2. The molecule has 1 aromatic heterocycles. The van der Waals surface area contributed by atoms with Gasteiger partial charge in [0.05, 0.1) is 20.0 Å². The van der Waals surface area contributed by atoms with Crippen molar-refractivity contribution in [1.29, 1.82) is 0 Å². The lowest BCUT2D eigenvalue weighted by Gasteiger charge is -2.11. The highest BCUT2D eigenvalue weighted by molar-refractivity contribution is 7.89. The maximum Gasteiger partial charge on any atom is 0.259 e. The number of aromatic nitrogens is 2. The molecule has 1 heterocycles. The second-order valence-corrected chi connectivity index (χ2v) is 6.33. The van der Waals surface area contributed by atoms with Crippen LogP contribution in [0.5, 0.6) is 11.5 Å². The Labute approximate surface area is 129 Å². The van der Waals surface area contributed by atoms with Crippen LogP contribution in [0.1, 0.15) is 12.5 Å². The molecule has 0 spiro atoms. The Bertz CT molecular complexity index is 740. The lowest BCUT2D eigenvalue weighted by molar-refractivity contribution is 0.310. The number of hydrogen-bond donors (Lipinski definition) is 1. The number of rotatable bonds is 7. The van der Waals surface area contributed by atoms with Crippen molar-refractivity contribution >= 4 is 10.0 Å². The number of ether oxygens (including phenoxy) is 2. The fraction of sp³-hybridized carbons (Fsp3) is 0.357. The van der Waals surface area contributed by atoms with Crippen LogP contribution in [0.3, 0.4) is 0 Å². The van der Waals surface area contributed by atoms with E-state index in [0.29, 0.717) is 18.1 Å². The first-order chi connectivity index (χ1) is 10.5. The molecule has 8 heteroatoms. The van der Waals surface area contributed by atoms with E-state index in [2.05, 4.69) is 9.71 Å². The summed E-state index contributed by atoms with van der Waals surface area (Å²) in [4.78, 5) is 3.84. The summed E-state index contributed by atoms with van der Waals surface area (Å²) in [5, 5.41) is -0.00657. The topological polar surface area (TPSA) is 82.5 Å². The molecule has 0 saturated carbocycles. The Morgan fingerprint density at radius 2 is 2.09 bits per heavy atom. The van der Waals surface area contributed by atoms with Gasteiger partial charge in [-0.1, -0.05) is 6.07 Å². The number of aryl methyl sites for hydroxylation is 1. The molecule has 7 nitrogen and oxygen atoms in total. The summed E-state index contributed by atoms with van der Waals surface area (Å²) in [5.41, 5.74) is 0.764. The maximum absolute atomic E-state index is 12.1. The van der Waals surface area contributed by atoms with E-state index in [0.717, 1.165) is 5.56 Å². The highest BCUT2D eigenvalue weighted by Crippen LogP contribution is 2.28. The van der Waals surface area contributed by atoms with Gasteiger partial charge in [0.25, 0.3) is 10.0 Å². The third-order valence-corrected chi connectivity index (χ3v) is 4.24. The maximum atomic E-state index is 12.1. The van der Waals surface area contributed by atoms with E-state index >= 15 is 0 Å². The molecule has 1 N–H and O–H groups in total. The number of nitrogens with zero attached hydrogens (tertiary/aromatic N) is 2. The van der Waals surface area contributed by atoms with E-state index in [9.17, 15) is 8.42 Å². The Balaban J connectivity index is 2.11. The number of hydrogen-bond acceptors (Lipinski definition) is 5. The number of benzene rings is 1. The third-order valence-electron chi connectivity index (χ3n) is 2.95. The molecule has 1 aromatic carbocycles. The molecule has 0 unspecified atom stereocenters. The second-order valence-electron chi connectivity index (χ2n) is 4.62. The first kappa shape index (κ1) is 16.3. The molecule has 0 saturated heterocycles. The van der Waals surface area contributed by atoms with Crippen LogP contribution in [0.4, 0.5) is 0 Å². The van der Waals surface area contributed by atoms with E-state index in [1.54, 1.807) is 36.9 Å². The van der Waals surface area contributed by atoms with E-state index in [4.69, 9.17) is 9.47 Å². The first-order valence-electron chi connectivity index (χ1n) is 6.73. The summed E-state index contributed by atoms with van der Waals surface area (Å²) in [5.74, 6) is 1.19. The molecule has 0 fully saturated rings. The Morgan fingerprint density at radius 1 is 1.32 bits per heavy atom. The van der Waals surface area contributed by atoms with Gasteiger partial charge in [0.2, 0.25) is 0 Å². The molecule has 0 aliphatic heterocycles. The lowest BCUT2D eigenvalue weighted by atomic mass is 10.2. The van der Waals surface area contributed by atoms with E-state index < -0.39 is 10.0 Å². The van der Waals surface area contributed by atoms with Crippen LogP contribution in [-0.2, 0) is 23.6 Å². The summed E-state index contributed by atoms with van der Waals surface area (Å²) in [6.07, 6.45) is 2.88. The molecule has 0 aliphatic rings. The number of sulfonamides is 1. The van der Waals surface area contributed by atoms with Gasteiger partial charge in [0, 0.05) is 19.8 Å². The van der Waals surface area contributed by atoms with Gasteiger partial charge in [-0.15, -0.1) is 0 Å². The molecule has 2 rings (SSSR count). The first-order valence-corrected chi connectivity index (χ1v) is 8.22. The van der Waals surface area contributed by atoms with Crippen LogP contribution in [0.15, 0.2) is 35.7 Å². The SMILES string of the molecule is CCOc1ccc(CNS(=O)(=O)c2cn(C)cn2)cc1OC. The standard InChI is InChI=1S/C14H19N3O4S/c1-4-21-12-6-5-11(7-13(12)20-3)8-16-22(18,19)14-9-17(2)10-15-14/h5-7,9-10,16H,4,8H2,1-3H3. The van der Waals surface area contributed by atoms with Crippen molar-refractivity contribution in [2.45, 2.75) is 18.5 Å². The Kier molecular flexibility index (Phi) is 5.04. The van der Waals surface area contributed by atoms with Crippen molar-refractivity contribution in [3.8, 4) is 11.5 Å². The van der Waals surface area contributed by atoms with Gasteiger partial charge in [-0.25, -0.2) is 18.1 Å². The minimum absolute atomic E-state index is 0.00657. The molecule has 0 aliphatic carbocycles. The summed E-state index contributed by atoms with van der Waals surface area (Å²) in [7, 11) is -0.379. The third kappa shape index (κ3) is 3.77. The number of imidazole rings is 1. The molecule has 0 atom stereocenters. The van der Waals surface area contributed by atoms with E-state index in [-0.39, 0.29) is 11.6 Å². The minimum Gasteiger partial charge on any atom is -0.493 e. The molecule has 0 bridgehead atoms. The quantitative estimate of drug-likeness (QED) is 0.830. The fourth-order valence-electron chi connectivity index (χ4n) is 1.88. The summed E-state index contributed by atoms with van der Waals surface area (Å²) in [6, 6.07) is 5.28. The molecule has 22 heavy (non-hydrogen) atoms. The van der Waals surface area contributed by atoms with Crippen molar-refractivity contribution in [3.05, 3.63) is 36.3 Å². The molecule has 2 aromatic rings. The molecular weight excluding hydrogens is 306 g/mol. The van der Waals surface area contributed by atoms with Crippen LogP contribution >= 0.6 is 0 Å². The van der Waals surface area contributed by atoms with Crippen LogP contribution in [0.25, 0.3) is 0 Å². The van der Waals surface area contributed by atoms with E-state index in [1.165, 1.54) is 12.5 Å². The van der Waals surface area contributed by atoms with Crippen molar-refractivity contribution in [3.63, 3.8) is 0 Å². The lowest BCUT2D eigenvalue weighted by Crippen LogP contribution is -2.23. The number of methoxy groups -OCH3 is 1. The van der Waals surface area contributed by atoms with Gasteiger partial charge < -0.3 is 14.0 Å². The average Bonchev–Trinajstić information content (AvgIpc) is 2.94. The van der Waals surface area contributed by atoms with Gasteiger partial charge in [-0.2, -0.15) is 0 Å². The van der Waals surface area contributed by atoms with Crippen molar-refractivity contribution in [1.82, 2.24) is 14.3 Å². The van der Waals surface area contributed by atoms with Crippen LogP contribution < -0.4 is 14.2 Å². The molecule has 0 radical (unpaired) electrons. The largest absolute Gasteiger partial charge is 0.493 e. The van der Waals surface area contributed by atoms with Gasteiger partial charge in [-0.05, 0) is 24.6 Å². The average molecular weight is 325 g/mol. The molecule has 0 amide bonds. The molecule has 120 valence electrons. The van der Waals surface area contributed by atoms with E-state index in [1.807, 2.05) is 6.92 Å². The summed E-state index contributed by atoms with van der Waals surface area (Å²) in [6.45, 7) is 2.55. The van der Waals surface area contributed by atoms with Gasteiger partial charge in [0.15, 0.2) is 16.5 Å². The Hall–Kier alpha value is -2.06. The van der Waals surface area contributed by atoms with Crippen molar-refractivity contribution in [2.75, 3.05) is 13.7 Å². The smallest absolute Gasteiger partial charge is 0.259 e. The monoisotopic (exact) mass is 325 g/mol. The minimum atomic E-state index is -3.63. The van der Waals surface area contributed by atoms with Crippen molar-refractivity contribution < 1.29 is 17.9 Å². The zero-order valence-electron chi connectivity index (χ0n) is 12.7. The Morgan fingerprint density at radius 3 is 2.68 bits per heavy atom. The van der Waals surface area contributed by atoms with Crippen LogP contribution in [0, 0.1) is 0 Å². The van der Waals surface area contributed by atoms with Gasteiger partial charge >= 0.3 is 0 Å². The highest BCUT2D eigenvalue weighted by atomic mass is 32.2. The van der Waals surface area contributed by atoms with Crippen molar-refractivity contribution in [2.24, 2.45) is 7.05 Å². The molecular formula is C14H19N3O4S.